The average Bonchev–Trinajstić information content (AvgIpc) is 2.64. The molecule has 1 aliphatic rings. The van der Waals surface area contributed by atoms with Gasteiger partial charge in [-0.05, 0) is 43.2 Å². The molecule has 1 fully saturated rings. The number of hydrogen-bond donors (Lipinski definition) is 1. The van der Waals surface area contributed by atoms with Crippen LogP contribution in [0.3, 0.4) is 0 Å². The van der Waals surface area contributed by atoms with Crippen molar-refractivity contribution in [2.75, 3.05) is 44.2 Å². The van der Waals surface area contributed by atoms with Crippen molar-refractivity contribution in [1.82, 2.24) is 4.90 Å². The molecule has 0 amide bonds. The van der Waals surface area contributed by atoms with Gasteiger partial charge < -0.3 is 14.7 Å². The highest BCUT2D eigenvalue weighted by molar-refractivity contribution is 5.46. The molecule has 0 spiro atoms. The predicted octanol–water partition coefficient (Wildman–Crippen LogP) is 2.87. The van der Waals surface area contributed by atoms with Crippen molar-refractivity contribution in [3.05, 3.63) is 59.7 Å². The van der Waals surface area contributed by atoms with Gasteiger partial charge in [0.1, 0.15) is 18.5 Å². The zero-order chi connectivity index (χ0) is 17.6. The Morgan fingerprint density at radius 2 is 1.68 bits per heavy atom. The second kappa shape index (κ2) is 8.37. The summed E-state index contributed by atoms with van der Waals surface area (Å²) in [5, 5.41) is 10.3. The fraction of sp³-hybridized carbons (Fsp3) is 0.429. The number of aliphatic hydroxyl groups is 1. The molecule has 0 saturated carbocycles. The van der Waals surface area contributed by atoms with Crippen molar-refractivity contribution < 1.29 is 9.84 Å². The lowest BCUT2D eigenvalue weighted by molar-refractivity contribution is 0.0660. The predicted molar refractivity (Wildman–Crippen MR) is 103 cm³/mol. The molecule has 1 aliphatic heterocycles. The molecule has 1 N–H and O–H groups in total. The third-order valence-corrected chi connectivity index (χ3v) is 4.95. The van der Waals surface area contributed by atoms with Crippen LogP contribution in [0.4, 0.5) is 5.69 Å². The second-order valence-corrected chi connectivity index (χ2v) is 6.79. The highest BCUT2D eigenvalue weighted by Crippen LogP contribution is 2.21. The summed E-state index contributed by atoms with van der Waals surface area (Å²) in [7, 11) is 0. The summed E-state index contributed by atoms with van der Waals surface area (Å²) in [5.74, 6) is 0.868. The molecule has 2 aromatic carbocycles. The zero-order valence-electron chi connectivity index (χ0n) is 15.2. The summed E-state index contributed by atoms with van der Waals surface area (Å²) in [4.78, 5) is 4.71. The largest absolute Gasteiger partial charge is 0.491 e. The van der Waals surface area contributed by atoms with Crippen molar-refractivity contribution >= 4 is 5.69 Å². The number of benzene rings is 2. The number of piperazine rings is 1. The van der Waals surface area contributed by atoms with E-state index in [1.807, 2.05) is 18.2 Å². The van der Waals surface area contributed by atoms with Crippen LogP contribution in [-0.2, 0) is 0 Å². The van der Waals surface area contributed by atoms with E-state index in [2.05, 4.69) is 54.0 Å². The Hall–Kier alpha value is -2.04. The van der Waals surface area contributed by atoms with Gasteiger partial charge in [-0.25, -0.2) is 0 Å². The lowest BCUT2D eigenvalue weighted by atomic mass is 10.1. The number of nitrogens with zero attached hydrogens (tertiary/aromatic N) is 2. The second-order valence-electron chi connectivity index (χ2n) is 6.79. The molecule has 4 nitrogen and oxygen atoms in total. The molecule has 1 heterocycles. The van der Waals surface area contributed by atoms with E-state index in [0.29, 0.717) is 13.2 Å². The van der Waals surface area contributed by atoms with Crippen LogP contribution in [0.5, 0.6) is 5.75 Å². The molecule has 25 heavy (non-hydrogen) atoms. The Morgan fingerprint density at radius 1 is 0.960 bits per heavy atom. The molecule has 4 heteroatoms. The van der Waals surface area contributed by atoms with Crippen molar-refractivity contribution in [2.24, 2.45) is 0 Å². The quantitative estimate of drug-likeness (QED) is 0.877. The molecule has 0 aliphatic carbocycles. The van der Waals surface area contributed by atoms with Gasteiger partial charge in [0, 0.05) is 38.4 Å². The number of anilines is 1. The van der Waals surface area contributed by atoms with Crippen molar-refractivity contribution in [2.45, 2.75) is 20.0 Å². The van der Waals surface area contributed by atoms with Gasteiger partial charge in [0.05, 0.1) is 0 Å². The molecule has 2 aromatic rings. The number of rotatable bonds is 6. The van der Waals surface area contributed by atoms with E-state index in [9.17, 15) is 5.11 Å². The smallest absolute Gasteiger partial charge is 0.122 e. The first-order valence-corrected chi connectivity index (χ1v) is 9.03. The first kappa shape index (κ1) is 17.8. The Morgan fingerprint density at radius 3 is 2.40 bits per heavy atom. The van der Waals surface area contributed by atoms with E-state index >= 15 is 0 Å². The molecule has 0 radical (unpaired) electrons. The monoisotopic (exact) mass is 340 g/mol. The minimum absolute atomic E-state index is 0.337. The third kappa shape index (κ3) is 4.74. The Bertz CT molecular complexity index is 667. The Labute approximate surface area is 150 Å². The van der Waals surface area contributed by atoms with E-state index in [-0.39, 0.29) is 0 Å². The number of ether oxygens (including phenoxy) is 1. The van der Waals surface area contributed by atoms with E-state index < -0.39 is 6.10 Å². The molecule has 1 unspecified atom stereocenters. The van der Waals surface area contributed by atoms with E-state index in [0.717, 1.165) is 37.5 Å². The van der Waals surface area contributed by atoms with Crippen LogP contribution in [0.15, 0.2) is 48.5 Å². The van der Waals surface area contributed by atoms with Gasteiger partial charge in [-0.2, -0.15) is 0 Å². The van der Waals surface area contributed by atoms with Crippen LogP contribution in [0.2, 0.25) is 0 Å². The summed E-state index contributed by atoms with van der Waals surface area (Å²) < 4.78 is 5.82. The van der Waals surface area contributed by atoms with Crippen molar-refractivity contribution in [1.29, 1.82) is 0 Å². The van der Waals surface area contributed by atoms with E-state index in [1.54, 1.807) is 0 Å². The number of para-hydroxylation sites is 1. The van der Waals surface area contributed by atoms with Gasteiger partial charge in [-0.15, -0.1) is 0 Å². The summed E-state index contributed by atoms with van der Waals surface area (Å²) in [5.41, 5.74) is 3.64. The van der Waals surface area contributed by atoms with Gasteiger partial charge >= 0.3 is 0 Å². The summed E-state index contributed by atoms with van der Waals surface area (Å²) >= 11 is 0. The van der Waals surface area contributed by atoms with E-state index in [1.165, 1.54) is 11.3 Å². The maximum absolute atomic E-state index is 10.3. The number of hydrogen-bond acceptors (Lipinski definition) is 4. The fourth-order valence-electron chi connectivity index (χ4n) is 3.24. The first-order valence-electron chi connectivity index (χ1n) is 9.03. The Kier molecular flexibility index (Phi) is 5.95. The number of β-amino-alcohol motifs (C(OH)–C–C–N with tert-alkyl or cyclic N) is 1. The third-order valence-electron chi connectivity index (χ3n) is 4.95. The average molecular weight is 340 g/mol. The molecule has 0 aromatic heterocycles. The van der Waals surface area contributed by atoms with Gasteiger partial charge in [0.15, 0.2) is 0 Å². The summed E-state index contributed by atoms with van der Waals surface area (Å²) in [6, 6.07) is 16.6. The lowest BCUT2D eigenvalue weighted by Crippen LogP contribution is -2.49. The number of aliphatic hydroxyl groups excluding tert-OH is 1. The molecule has 1 saturated heterocycles. The molecular weight excluding hydrogens is 312 g/mol. The first-order chi connectivity index (χ1) is 12.1. The highest BCUT2D eigenvalue weighted by atomic mass is 16.5. The van der Waals surface area contributed by atoms with Crippen LogP contribution >= 0.6 is 0 Å². The maximum Gasteiger partial charge on any atom is 0.122 e. The standard InChI is InChI=1S/C21H28N2O2/c1-17-7-6-10-21(18(17)2)25-16-20(24)15-22-11-13-23(14-12-22)19-8-4-3-5-9-19/h3-10,20,24H,11-16H2,1-2H3. The van der Waals surface area contributed by atoms with Gasteiger partial charge in [-0.1, -0.05) is 30.3 Å². The van der Waals surface area contributed by atoms with Crippen molar-refractivity contribution in [3.63, 3.8) is 0 Å². The molecule has 1 atom stereocenters. The minimum Gasteiger partial charge on any atom is -0.491 e. The minimum atomic E-state index is -0.469. The van der Waals surface area contributed by atoms with Crippen LogP contribution in [-0.4, -0.2) is 55.4 Å². The SMILES string of the molecule is Cc1cccc(OCC(O)CN2CCN(c3ccccc3)CC2)c1C. The van der Waals surface area contributed by atoms with Crippen LogP contribution in [0, 0.1) is 13.8 Å². The molecule has 134 valence electrons. The van der Waals surface area contributed by atoms with E-state index in [4.69, 9.17) is 4.74 Å². The van der Waals surface area contributed by atoms with Crippen molar-refractivity contribution in [3.8, 4) is 5.75 Å². The number of aryl methyl sites for hydroxylation is 1. The van der Waals surface area contributed by atoms with Gasteiger partial charge in [-0.3, -0.25) is 4.90 Å². The van der Waals surface area contributed by atoms with Gasteiger partial charge in [0.2, 0.25) is 0 Å². The normalized spacial score (nSPS) is 16.7. The Balaban J connectivity index is 1.43. The highest BCUT2D eigenvalue weighted by Gasteiger charge is 2.19. The van der Waals surface area contributed by atoms with Crippen LogP contribution < -0.4 is 9.64 Å². The lowest BCUT2D eigenvalue weighted by Gasteiger charge is -2.36. The van der Waals surface area contributed by atoms with Gasteiger partial charge in [0.25, 0.3) is 0 Å². The molecule has 3 rings (SSSR count). The van der Waals surface area contributed by atoms with Crippen LogP contribution in [0.1, 0.15) is 11.1 Å². The summed E-state index contributed by atoms with van der Waals surface area (Å²) in [6.45, 7) is 9.05. The maximum atomic E-state index is 10.3. The molecular formula is C21H28N2O2. The van der Waals surface area contributed by atoms with Crippen LogP contribution in [0.25, 0.3) is 0 Å². The molecule has 0 bridgehead atoms. The summed E-state index contributed by atoms with van der Waals surface area (Å²) in [6.07, 6.45) is -0.469. The topological polar surface area (TPSA) is 35.9 Å². The fourth-order valence-corrected chi connectivity index (χ4v) is 3.24. The zero-order valence-corrected chi connectivity index (χ0v) is 15.2.